The molecule has 22 heavy (non-hydrogen) atoms. The number of rotatable bonds is 4. The van der Waals surface area contributed by atoms with Gasteiger partial charge in [0.1, 0.15) is 11.5 Å². The zero-order valence-electron chi connectivity index (χ0n) is 12.7. The summed E-state index contributed by atoms with van der Waals surface area (Å²) in [5, 5.41) is 0. The van der Waals surface area contributed by atoms with Crippen molar-refractivity contribution in [2.45, 2.75) is 18.8 Å². The van der Waals surface area contributed by atoms with Crippen LogP contribution in [0.4, 0.5) is 5.69 Å². The number of nitrogen functional groups attached to an aromatic ring is 1. The highest BCUT2D eigenvalue weighted by Crippen LogP contribution is 2.55. The molecule has 0 aliphatic heterocycles. The first-order valence-electron chi connectivity index (χ1n) is 7.28. The monoisotopic (exact) mass is 297 g/mol. The van der Waals surface area contributed by atoms with Gasteiger partial charge in [0.2, 0.25) is 0 Å². The Balaban J connectivity index is 1.89. The van der Waals surface area contributed by atoms with Crippen LogP contribution >= 0.6 is 0 Å². The number of ether oxygens (including phenoxy) is 2. The molecular formula is C18H19NO3. The third-order valence-electron chi connectivity index (χ3n) is 4.30. The van der Waals surface area contributed by atoms with E-state index in [1.54, 1.807) is 12.1 Å². The van der Waals surface area contributed by atoms with Crippen LogP contribution in [0.15, 0.2) is 48.5 Å². The zero-order chi connectivity index (χ0) is 15.7. The molecule has 2 N–H and O–H groups in total. The minimum absolute atomic E-state index is 0.180. The maximum atomic E-state index is 12.1. The number of hydrogen-bond donors (Lipinski definition) is 1. The fraction of sp³-hybridized carbons (Fsp3) is 0.278. The Morgan fingerprint density at radius 2 is 1.82 bits per heavy atom. The number of carbonyl (C=O) groups excluding carboxylic acids is 1. The van der Waals surface area contributed by atoms with Gasteiger partial charge in [-0.25, -0.2) is 0 Å². The number of methoxy groups -OCH3 is 1. The van der Waals surface area contributed by atoms with Crippen LogP contribution in [0, 0.1) is 5.92 Å². The quantitative estimate of drug-likeness (QED) is 0.693. The largest absolute Gasteiger partial charge is 0.468 e. The highest BCUT2D eigenvalue weighted by Gasteiger charge is 2.59. The van der Waals surface area contributed by atoms with Crippen molar-refractivity contribution in [3.8, 4) is 11.5 Å². The summed E-state index contributed by atoms with van der Waals surface area (Å²) in [5.41, 5.74) is 6.82. The number of carbonyl (C=O) groups is 1. The van der Waals surface area contributed by atoms with Gasteiger partial charge < -0.3 is 15.2 Å². The second-order valence-corrected chi connectivity index (χ2v) is 5.77. The zero-order valence-corrected chi connectivity index (χ0v) is 12.7. The van der Waals surface area contributed by atoms with Gasteiger partial charge in [0, 0.05) is 11.8 Å². The van der Waals surface area contributed by atoms with Crippen molar-refractivity contribution in [1.29, 1.82) is 0 Å². The third-order valence-corrected chi connectivity index (χ3v) is 4.30. The lowest BCUT2D eigenvalue weighted by atomic mass is 9.93. The summed E-state index contributed by atoms with van der Waals surface area (Å²) in [6.45, 7) is 2.06. The van der Waals surface area contributed by atoms with Crippen LogP contribution in [0.5, 0.6) is 11.5 Å². The molecule has 2 aromatic rings. The summed E-state index contributed by atoms with van der Waals surface area (Å²) in [5.74, 6) is 1.46. The van der Waals surface area contributed by atoms with Gasteiger partial charge in [0.15, 0.2) is 0 Å². The maximum Gasteiger partial charge on any atom is 0.316 e. The van der Waals surface area contributed by atoms with Crippen molar-refractivity contribution in [2.75, 3.05) is 12.8 Å². The van der Waals surface area contributed by atoms with Crippen molar-refractivity contribution in [3.05, 3.63) is 54.1 Å². The molecule has 0 radical (unpaired) electrons. The highest BCUT2D eigenvalue weighted by atomic mass is 16.5. The SMILES string of the molecule is COC(=O)[C@]1(c2cccc(Oc3cccc(N)c3)c2)C[C@H]1C. The fourth-order valence-electron chi connectivity index (χ4n) is 2.96. The van der Waals surface area contributed by atoms with Crippen LogP contribution in [0.25, 0.3) is 0 Å². The van der Waals surface area contributed by atoms with Crippen LogP contribution < -0.4 is 10.5 Å². The number of nitrogens with two attached hydrogens (primary N) is 1. The summed E-state index contributed by atoms with van der Waals surface area (Å²) < 4.78 is 10.8. The molecule has 114 valence electrons. The molecular weight excluding hydrogens is 278 g/mol. The molecule has 1 aliphatic carbocycles. The Morgan fingerprint density at radius 1 is 1.18 bits per heavy atom. The van der Waals surface area contributed by atoms with Crippen LogP contribution in [0.3, 0.4) is 0 Å². The summed E-state index contributed by atoms with van der Waals surface area (Å²) >= 11 is 0. The molecule has 1 fully saturated rings. The van der Waals surface area contributed by atoms with Gasteiger partial charge in [0.25, 0.3) is 0 Å². The Labute approximate surface area is 129 Å². The molecule has 0 spiro atoms. The average Bonchev–Trinajstić information content (AvgIpc) is 3.19. The molecule has 1 saturated carbocycles. The number of anilines is 1. The Kier molecular flexibility index (Phi) is 3.53. The third kappa shape index (κ3) is 2.41. The van der Waals surface area contributed by atoms with Gasteiger partial charge in [-0.15, -0.1) is 0 Å². The van der Waals surface area contributed by atoms with Crippen LogP contribution in [0.2, 0.25) is 0 Å². The minimum Gasteiger partial charge on any atom is -0.468 e. The summed E-state index contributed by atoms with van der Waals surface area (Å²) in [7, 11) is 1.43. The molecule has 0 saturated heterocycles. The minimum atomic E-state index is -0.524. The lowest BCUT2D eigenvalue weighted by Gasteiger charge is -2.16. The summed E-state index contributed by atoms with van der Waals surface area (Å²) in [6.07, 6.45) is 0.807. The van der Waals surface area contributed by atoms with E-state index in [1.807, 2.05) is 36.4 Å². The van der Waals surface area contributed by atoms with E-state index in [2.05, 4.69) is 6.92 Å². The van der Waals surface area contributed by atoms with Crippen molar-refractivity contribution in [1.82, 2.24) is 0 Å². The first-order valence-corrected chi connectivity index (χ1v) is 7.28. The van der Waals surface area contributed by atoms with Crippen molar-refractivity contribution >= 4 is 11.7 Å². The lowest BCUT2D eigenvalue weighted by Crippen LogP contribution is -2.24. The second kappa shape index (κ2) is 5.37. The second-order valence-electron chi connectivity index (χ2n) is 5.77. The van der Waals surface area contributed by atoms with Gasteiger partial charge in [0.05, 0.1) is 12.5 Å². The van der Waals surface area contributed by atoms with E-state index < -0.39 is 5.41 Å². The molecule has 0 unspecified atom stereocenters. The van der Waals surface area contributed by atoms with Gasteiger partial charge in [-0.3, -0.25) is 4.79 Å². The molecule has 4 nitrogen and oxygen atoms in total. The van der Waals surface area contributed by atoms with Crippen LogP contribution in [-0.2, 0) is 14.9 Å². The Morgan fingerprint density at radius 3 is 2.41 bits per heavy atom. The predicted octanol–water partition coefficient (Wildman–Crippen LogP) is 3.51. The van der Waals surface area contributed by atoms with E-state index >= 15 is 0 Å². The first-order chi connectivity index (χ1) is 10.6. The van der Waals surface area contributed by atoms with E-state index in [4.69, 9.17) is 15.2 Å². The Bertz CT molecular complexity index is 713. The van der Waals surface area contributed by atoms with Crippen molar-refractivity contribution in [3.63, 3.8) is 0 Å². The molecule has 3 rings (SSSR count). The van der Waals surface area contributed by atoms with E-state index in [0.29, 0.717) is 17.2 Å². The van der Waals surface area contributed by atoms with Gasteiger partial charge in [-0.2, -0.15) is 0 Å². The standard InChI is InChI=1S/C18H19NO3/c1-12-11-18(12,17(20)21-2)13-5-3-7-15(9-13)22-16-8-4-6-14(19)10-16/h3-10,12H,11,19H2,1-2H3/t12-,18-/m1/s1. The normalized spacial score (nSPS) is 22.9. The summed E-state index contributed by atoms with van der Waals surface area (Å²) in [6, 6.07) is 14.9. The van der Waals surface area contributed by atoms with Crippen molar-refractivity contribution in [2.24, 2.45) is 5.92 Å². The highest BCUT2D eigenvalue weighted by molar-refractivity contribution is 5.87. The van der Waals surface area contributed by atoms with Crippen LogP contribution in [0.1, 0.15) is 18.9 Å². The van der Waals surface area contributed by atoms with E-state index in [0.717, 1.165) is 12.0 Å². The van der Waals surface area contributed by atoms with E-state index in [-0.39, 0.29) is 11.9 Å². The molecule has 0 bridgehead atoms. The number of esters is 1. The molecule has 1 aliphatic rings. The molecule has 0 aromatic heterocycles. The Hall–Kier alpha value is -2.49. The number of hydrogen-bond acceptors (Lipinski definition) is 4. The number of benzene rings is 2. The van der Waals surface area contributed by atoms with Crippen molar-refractivity contribution < 1.29 is 14.3 Å². The van der Waals surface area contributed by atoms with E-state index in [9.17, 15) is 4.79 Å². The predicted molar refractivity (Wildman–Crippen MR) is 84.8 cm³/mol. The molecule has 2 atom stereocenters. The average molecular weight is 297 g/mol. The summed E-state index contributed by atoms with van der Waals surface area (Å²) in [4.78, 5) is 12.1. The first kappa shape index (κ1) is 14.4. The van der Waals surface area contributed by atoms with Gasteiger partial charge in [-0.05, 0) is 42.2 Å². The topological polar surface area (TPSA) is 61.5 Å². The van der Waals surface area contributed by atoms with Gasteiger partial charge >= 0.3 is 5.97 Å². The van der Waals surface area contributed by atoms with Crippen LogP contribution in [-0.4, -0.2) is 13.1 Å². The van der Waals surface area contributed by atoms with E-state index in [1.165, 1.54) is 7.11 Å². The maximum absolute atomic E-state index is 12.1. The van der Waals surface area contributed by atoms with Gasteiger partial charge in [-0.1, -0.05) is 25.1 Å². The molecule has 0 heterocycles. The lowest BCUT2D eigenvalue weighted by molar-refractivity contribution is -0.144. The smallest absolute Gasteiger partial charge is 0.316 e. The molecule has 0 amide bonds. The fourth-order valence-corrected chi connectivity index (χ4v) is 2.96. The molecule has 4 heteroatoms. The molecule has 2 aromatic carbocycles.